The zero-order valence-corrected chi connectivity index (χ0v) is 13.6. The van der Waals surface area contributed by atoms with Crippen molar-refractivity contribution in [1.82, 2.24) is 9.88 Å². The van der Waals surface area contributed by atoms with E-state index >= 15 is 0 Å². The van der Waals surface area contributed by atoms with Crippen molar-refractivity contribution in [2.24, 2.45) is 5.92 Å². The molecular formula is C16H18N2O4S. The molecule has 0 bridgehead atoms. The highest BCUT2D eigenvalue weighted by atomic mass is 32.1. The van der Waals surface area contributed by atoms with Gasteiger partial charge in [-0.25, -0.2) is 4.98 Å². The molecule has 0 radical (unpaired) electrons. The number of rotatable bonds is 4. The number of likely N-dealkylation sites (tertiary alicyclic amines) is 1. The molecule has 3 rings (SSSR count). The maximum absolute atomic E-state index is 12.5. The Balaban J connectivity index is 1.67. The van der Waals surface area contributed by atoms with Crippen molar-refractivity contribution in [3.8, 4) is 10.6 Å². The average Bonchev–Trinajstić information content (AvgIpc) is 3.18. The van der Waals surface area contributed by atoms with E-state index in [0.29, 0.717) is 12.1 Å². The quantitative estimate of drug-likeness (QED) is 0.929. The van der Waals surface area contributed by atoms with E-state index in [1.807, 2.05) is 18.4 Å². The molecule has 7 heteroatoms. The minimum atomic E-state index is -0.828. The molecule has 0 aliphatic carbocycles. The highest BCUT2D eigenvalue weighted by Gasteiger charge is 2.32. The Morgan fingerprint density at radius 1 is 1.48 bits per heavy atom. The van der Waals surface area contributed by atoms with Crippen LogP contribution >= 0.6 is 11.3 Å². The van der Waals surface area contributed by atoms with E-state index in [9.17, 15) is 9.59 Å². The molecule has 2 unspecified atom stereocenters. The first kappa shape index (κ1) is 15.7. The lowest BCUT2D eigenvalue weighted by atomic mass is 9.93. The van der Waals surface area contributed by atoms with Gasteiger partial charge in [0.2, 0.25) is 5.91 Å². The van der Waals surface area contributed by atoms with Gasteiger partial charge in [0.15, 0.2) is 0 Å². The molecule has 1 N–H and O–H groups in total. The third-order valence-corrected chi connectivity index (χ3v) is 5.14. The predicted octanol–water partition coefficient (Wildman–Crippen LogP) is 2.66. The minimum absolute atomic E-state index is 0.0625. The summed E-state index contributed by atoms with van der Waals surface area (Å²) >= 11 is 1.47. The zero-order chi connectivity index (χ0) is 16.4. The third-order valence-electron chi connectivity index (χ3n) is 4.20. The average molecular weight is 334 g/mol. The summed E-state index contributed by atoms with van der Waals surface area (Å²) in [6, 6.07) is 1.90. The number of thiazole rings is 1. The number of carboxylic acid groups (broad SMARTS) is 1. The van der Waals surface area contributed by atoms with Crippen molar-refractivity contribution < 1.29 is 19.1 Å². The molecule has 1 saturated heterocycles. The van der Waals surface area contributed by atoms with Crippen molar-refractivity contribution in [3.63, 3.8) is 0 Å². The molecule has 3 heterocycles. The number of carbonyl (C=O) groups excluding carboxylic acids is 1. The lowest BCUT2D eigenvalue weighted by molar-refractivity contribution is -0.147. The summed E-state index contributed by atoms with van der Waals surface area (Å²) in [5.41, 5.74) is 1.60. The largest absolute Gasteiger partial charge is 0.481 e. The maximum Gasteiger partial charge on any atom is 0.308 e. The Bertz CT molecular complexity index is 695. The number of piperidine rings is 1. The molecule has 0 saturated carbocycles. The number of aromatic nitrogens is 1. The Labute approximate surface area is 137 Å². The molecule has 2 atom stereocenters. The first-order valence-electron chi connectivity index (χ1n) is 7.54. The van der Waals surface area contributed by atoms with Gasteiger partial charge in [-0.3, -0.25) is 9.59 Å². The normalized spacial score (nSPS) is 21.3. The standard InChI is InChI=1S/C16H18N2O4S/c1-10-2-3-11(16(20)21)7-18(10)14(19)6-13-9-23-15(17-13)12-4-5-22-8-12/h4-5,8-11H,2-3,6-7H2,1H3,(H,20,21). The number of aliphatic carboxylic acids is 1. The second kappa shape index (κ2) is 6.54. The number of hydrogen-bond acceptors (Lipinski definition) is 5. The number of carbonyl (C=O) groups is 2. The Hall–Kier alpha value is -2.15. The van der Waals surface area contributed by atoms with Gasteiger partial charge in [0.05, 0.1) is 24.3 Å². The molecule has 1 fully saturated rings. The van der Waals surface area contributed by atoms with Crippen molar-refractivity contribution in [2.75, 3.05) is 6.54 Å². The van der Waals surface area contributed by atoms with Crippen molar-refractivity contribution in [3.05, 3.63) is 29.7 Å². The Morgan fingerprint density at radius 2 is 2.30 bits per heavy atom. The highest BCUT2D eigenvalue weighted by molar-refractivity contribution is 7.13. The van der Waals surface area contributed by atoms with E-state index < -0.39 is 11.9 Å². The molecule has 1 aliphatic heterocycles. The van der Waals surface area contributed by atoms with E-state index in [4.69, 9.17) is 9.52 Å². The molecule has 6 nitrogen and oxygen atoms in total. The fourth-order valence-electron chi connectivity index (χ4n) is 2.82. The van der Waals surface area contributed by atoms with Gasteiger partial charge < -0.3 is 14.4 Å². The van der Waals surface area contributed by atoms with Crippen LogP contribution in [-0.2, 0) is 16.0 Å². The van der Waals surface area contributed by atoms with Gasteiger partial charge in [0.25, 0.3) is 0 Å². The minimum Gasteiger partial charge on any atom is -0.481 e. The van der Waals surface area contributed by atoms with Crippen molar-refractivity contribution >= 4 is 23.2 Å². The van der Waals surface area contributed by atoms with E-state index in [0.717, 1.165) is 17.0 Å². The van der Waals surface area contributed by atoms with Crippen LogP contribution in [0.25, 0.3) is 10.6 Å². The number of hydrogen-bond donors (Lipinski definition) is 1. The van der Waals surface area contributed by atoms with Crippen LogP contribution < -0.4 is 0 Å². The van der Waals surface area contributed by atoms with E-state index in [2.05, 4.69) is 4.98 Å². The van der Waals surface area contributed by atoms with E-state index in [-0.39, 0.29) is 24.9 Å². The number of furan rings is 1. The summed E-state index contributed by atoms with van der Waals surface area (Å²) in [7, 11) is 0. The van der Waals surface area contributed by atoms with Gasteiger partial charge in [-0.05, 0) is 25.8 Å². The van der Waals surface area contributed by atoms with Crippen LogP contribution in [0.4, 0.5) is 0 Å². The molecule has 0 aromatic carbocycles. The maximum atomic E-state index is 12.5. The molecule has 23 heavy (non-hydrogen) atoms. The van der Waals surface area contributed by atoms with Crippen LogP contribution in [0, 0.1) is 5.92 Å². The monoisotopic (exact) mass is 334 g/mol. The summed E-state index contributed by atoms with van der Waals surface area (Å²) in [6.45, 7) is 2.25. The number of carboxylic acids is 1. The molecule has 2 aromatic rings. The third kappa shape index (κ3) is 3.44. The Kier molecular flexibility index (Phi) is 4.47. The van der Waals surface area contributed by atoms with Gasteiger partial charge >= 0.3 is 5.97 Å². The van der Waals surface area contributed by atoms with Gasteiger partial charge in [-0.15, -0.1) is 11.3 Å². The first-order chi connectivity index (χ1) is 11.0. The van der Waals surface area contributed by atoms with Crippen LogP contribution in [0.3, 0.4) is 0 Å². The number of amides is 1. The van der Waals surface area contributed by atoms with Crippen molar-refractivity contribution in [2.45, 2.75) is 32.2 Å². The summed E-state index contributed by atoms with van der Waals surface area (Å²) in [4.78, 5) is 29.8. The topological polar surface area (TPSA) is 83.6 Å². The zero-order valence-electron chi connectivity index (χ0n) is 12.8. The van der Waals surface area contributed by atoms with Gasteiger partial charge in [-0.1, -0.05) is 0 Å². The van der Waals surface area contributed by atoms with Crippen LogP contribution in [0.1, 0.15) is 25.5 Å². The second-order valence-corrected chi connectivity index (χ2v) is 6.70. The Morgan fingerprint density at radius 3 is 3.00 bits per heavy atom. The summed E-state index contributed by atoms with van der Waals surface area (Å²) in [5.74, 6) is -1.36. The second-order valence-electron chi connectivity index (χ2n) is 5.84. The smallest absolute Gasteiger partial charge is 0.308 e. The van der Waals surface area contributed by atoms with Crippen molar-refractivity contribution in [1.29, 1.82) is 0 Å². The molecular weight excluding hydrogens is 316 g/mol. The molecule has 1 amide bonds. The summed E-state index contributed by atoms with van der Waals surface area (Å²) < 4.78 is 5.04. The van der Waals surface area contributed by atoms with Crippen LogP contribution in [0.2, 0.25) is 0 Å². The SMILES string of the molecule is CC1CCC(C(=O)O)CN1C(=O)Cc1csc(-c2ccoc2)n1. The lowest BCUT2D eigenvalue weighted by Crippen LogP contribution is -2.47. The molecule has 2 aromatic heterocycles. The van der Waals surface area contributed by atoms with Crippen LogP contribution in [0.15, 0.2) is 28.4 Å². The van der Waals surface area contributed by atoms with Crippen LogP contribution in [0.5, 0.6) is 0 Å². The lowest BCUT2D eigenvalue weighted by Gasteiger charge is -2.36. The molecule has 1 aliphatic rings. The molecule has 122 valence electrons. The highest BCUT2D eigenvalue weighted by Crippen LogP contribution is 2.26. The molecule has 0 spiro atoms. The van der Waals surface area contributed by atoms with Gasteiger partial charge in [0.1, 0.15) is 11.3 Å². The fraction of sp³-hybridized carbons (Fsp3) is 0.438. The van der Waals surface area contributed by atoms with Gasteiger partial charge in [-0.2, -0.15) is 0 Å². The van der Waals surface area contributed by atoms with E-state index in [1.54, 1.807) is 17.4 Å². The first-order valence-corrected chi connectivity index (χ1v) is 8.42. The predicted molar refractivity (Wildman–Crippen MR) is 85.1 cm³/mol. The number of nitrogens with zero attached hydrogens (tertiary/aromatic N) is 2. The van der Waals surface area contributed by atoms with E-state index in [1.165, 1.54) is 11.3 Å². The summed E-state index contributed by atoms with van der Waals surface area (Å²) in [5, 5.41) is 11.8. The van der Waals surface area contributed by atoms with Gasteiger partial charge in [0, 0.05) is 23.5 Å². The fourth-order valence-corrected chi connectivity index (χ4v) is 3.63. The van der Waals surface area contributed by atoms with Crippen LogP contribution in [-0.4, -0.2) is 39.5 Å². The summed E-state index contributed by atoms with van der Waals surface area (Å²) in [6.07, 6.45) is 4.75.